The first-order valence-electron chi connectivity index (χ1n) is 6.65. The van der Waals surface area contributed by atoms with Gasteiger partial charge in [-0.2, -0.15) is 0 Å². The van der Waals surface area contributed by atoms with E-state index >= 15 is 0 Å². The molecule has 2 heterocycles. The van der Waals surface area contributed by atoms with Gasteiger partial charge in [0.1, 0.15) is 0 Å². The molecule has 0 aromatic carbocycles. The first-order chi connectivity index (χ1) is 9.08. The second-order valence-corrected chi connectivity index (χ2v) is 5.04. The first-order valence-corrected chi connectivity index (χ1v) is 6.65. The number of nitrogens with zero attached hydrogens (tertiary/aromatic N) is 1. The lowest BCUT2D eigenvalue weighted by molar-refractivity contribution is -0.129. The van der Waals surface area contributed by atoms with Crippen molar-refractivity contribution in [2.24, 2.45) is 11.7 Å². The normalized spacial score (nSPS) is 27.1. The average molecular weight is 271 g/mol. The summed E-state index contributed by atoms with van der Waals surface area (Å²) in [6.45, 7) is 4.61. The number of carbonyl (C=O) groups excluding carboxylic acids is 2. The number of ether oxygens (including phenoxy) is 2. The molecule has 3 amide bonds. The highest BCUT2D eigenvalue weighted by atomic mass is 16.7. The lowest BCUT2D eigenvalue weighted by Gasteiger charge is -2.37. The molecule has 2 aliphatic rings. The average Bonchev–Trinajstić information content (AvgIpc) is 2.91. The van der Waals surface area contributed by atoms with Crippen molar-refractivity contribution in [2.75, 3.05) is 26.3 Å². The van der Waals surface area contributed by atoms with Crippen LogP contribution < -0.4 is 11.1 Å². The molecular formula is C12H21N3O4. The van der Waals surface area contributed by atoms with Crippen LogP contribution in [0.15, 0.2) is 0 Å². The van der Waals surface area contributed by atoms with Gasteiger partial charge in [-0.25, -0.2) is 4.79 Å². The smallest absolute Gasteiger partial charge is 0.318 e. The summed E-state index contributed by atoms with van der Waals surface area (Å²) in [5, 5.41) is 2.12. The Morgan fingerprint density at radius 3 is 2.68 bits per heavy atom. The number of likely N-dealkylation sites (tertiary alicyclic amines) is 1. The van der Waals surface area contributed by atoms with E-state index in [1.54, 1.807) is 6.92 Å². The van der Waals surface area contributed by atoms with E-state index in [1.807, 2.05) is 4.90 Å². The molecule has 108 valence electrons. The van der Waals surface area contributed by atoms with Crippen LogP contribution in [0.3, 0.4) is 0 Å². The lowest BCUT2D eigenvalue weighted by atomic mass is 9.96. The molecule has 0 aromatic heterocycles. The molecule has 19 heavy (non-hydrogen) atoms. The monoisotopic (exact) mass is 271 g/mol. The second kappa shape index (κ2) is 6.31. The minimum Gasteiger partial charge on any atom is -0.351 e. The summed E-state index contributed by atoms with van der Waals surface area (Å²) in [6, 6.07) is -1.19. The van der Waals surface area contributed by atoms with E-state index in [1.165, 1.54) is 0 Å². The molecule has 7 heteroatoms. The van der Waals surface area contributed by atoms with Gasteiger partial charge in [0.2, 0.25) is 5.91 Å². The minimum atomic E-state index is -0.812. The van der Waals surface area contributed by atoms with Crippen LogP contribution in [0.1, 0.15) is 19.8 Å². The van der Waals surface area contributed by atoms with E-state index in [0.29, 0.717) is 13.2 Å². The van der Waals surface area contributed by atoms with Crippen molar-refractivity contribution in [3.63, 3.8) is 0 Å². The number of carbonyl (C=O) groups is 2. The fourth-order valence-corrected chi connectivity index (χ4v) is 2.65. The number of rotatable bonds is 3. The molecule has 0 aliphatic carbocycles. The van der Waals surface area contributed by atoms with Crippen molar-refractivity contribution >= 4 is 11.9 Å². The van der Waals surface area contributed by atoms with Crippen molar-refractivity contribution in [3.05, 3.63) is 0 Å². The highest BCUT2D eigenvalue weighted by molar-refractivity contribution is 5.96. The molecule has 0 bridgehead atoms. The third-order valence-corrected chi connectivity index (χ3v) is 3.70. The van der Waals surface area contributed by atoms with Crippen molar-refractivity contribution in [2.45, 2.75) is 32.1 Å². The maximum absolute atomic E-state index is 11.8. The number of amides is 3. The van der Waals surface area contributed by atoms with Gasteiger partial charge in [-0.05, 0) is 26.3 Å². The van der Waals surface area contributed by atoms with E-state index in [-0.39, 0.29) is 24.2 Å². The summed E-state index contributed by atoms with van der Waals surface area (Å²) in [5.74, 6) is -0.0820. The van der Waals surface area contributed by atoms with Crippen LogP contribution in [-0.4, -0.2) is 55.5 Å². The summed E-state index contributed by atoms with van der Waals surface area (Å²) in [4.78, 5) is 24.5. The highest BCUT2D eigenvalue weighted by Crippen LogP contribution is 2.25. The van der Waals surface area contributed by atoms with E-state index in [2.05, 4.69) is 5.32 Å². The molecule has 2 aliphatic heterocycles. The van der Waals surface area contributed by atoms with Crippen LogP contribution in [-0.2, 0) is 14.3 Å². The predicted molar refractivity (Wildman–Crippen MR) is 67.2 cm³/mol. The quantitative estimate of drug-likeness (QED) is 0.732. The van der Waals surface area contributed by atoms with Crippen LogP contribution in [0.4, 0.5) is 4.79 Å². The number of piperidine rings is 1. The fourth-order valence-electron chi connectivity index (χ4n) is 2.65. The van der Waals surface area contributed by atoms with Crippen LogP contribution in [0.2, 0.25) is 0 Å². The number of hydrogen-bond acceptors (Lipinski definition) is 5. The van der Waals surface area contributed by atoms with Gasteiger partial charge in [-0.15, -0.1) is 0 Å². The maximum Gasteiger partial charge on any atom is 0.318 e. The molecular weight excluding hydrogens is 250 g/mol. The van der Waals surface area contributed by atoms with Crippen LogP contribution in [0.25, 0.3) is 0 Å². The molecule has 7 nitrogen and oxygen atoms in total. The predicted octanol–water partition coefficient (Wildman–Crippen LogP) is -0.345. The number of nitrogens with one attached hydrogen (secondary N) is 1. The van der Waals surface area contributed by atoms with Crippen LogP contribution >= 0.6 is 0 Å². The summed E-state index contributed by atoms with van der Waals surface area (Å²) >= 11 is 0. The minimum absolute atomic E-state index is 0.158. The molecule has 3 N–H and O–H groups in total. The first kappa shape index (κ1) is 14.2. The number of nitrogens with two attached hydrogens (primary N) is 1. The summed E-state index contributed by atoms with van der Waals surface area (Å²) in [5.41, 5.74) is 4.96. The van der Waals surface area contributed by atoms with E-state index in [4.69, 9.17) is 15.2 Å². The van der Waals surface area contributed by atoms with Crippen molar-refractivity contribution in [3.8, 4) is 0 Å². The summed E-state index contributed by atoms with van der Waals surface area (Å²) in [7, 11) is 0. The Balaban J connectivity index is 1.88. The molecule has 0 unspecified atom stereocenters. The molecule has 2 atom stereocenters. The number of imide groups is 1. The molecule has 2 fully saturated rings. The Kier molecular flexibility index (Phi) is 4.73. The second-order valence-electron chi connectivity index (χ2n) is 5.04. The van der Waals surface area contributed by atoms with Gasteiger partial charge in [-0.1, -0.05) is 0 Å². The fraction of sp³-hybridized carbons (Fsp3) is 0.833. The van der Waals surface area contributed by atoms with Gasteiger partial charge in [0.15, 0.2) is 6.29 Å². The van der Waals surface area contributed by atoms with Crippen molar-refractivity contribution in [1.29, 1.82) is 0 Å². The molecule has 2 rings (SSSR count). The van der Waals surface area contributed by atoms with Gasteiger partial charge in [-0.3, -0.25) is 15.0 Å². The van der Waals surface area contributed by atoms with E-state index in [0.717, 1.165) is 25.9 Å². The Morgan fingerprint density at radius 2 is 2.05 bits per heavy atom. The number of urea groups is 1. The van der Waals surface area contributed by atoms with Crippen molar-refractivity contribution < 1.29 is 19.1 Å². The Bertz CT molecular complexity index is 344. The SMILES string of the molecule is C[C@H](C(=O)NC(N)=O)N1CCC[C@@H](C2OCCO2)C1. The standard InChI is InChI=1S/C12H21N3O4/c1-8(10(16)14-12(13)17)15-4-2-3-9(7-15)11-18-5-6-19-11/h8-9,11H,2-7H2,1H3,(H3,13,14,16,17)/t8-,9-/m1/s1. The van der Waals surface area contributed by atoms with Gasteiger partial charge < -0.3 is 15.2 Å². The van der Waals surface area contributed by atoms with Gasteiger partial charge in [0.05, 0.1) is 19.3 Å². The number of hydrogen-bond donors (Lipinski definition) is 2. The van der Waals surface area contributed by atoms with Crippen molar-refractivity contribution in [1.82, 2.24) is 10.2 Å². The van der Waals surface area contributed by atoms with Gasteiger partial charge in [0.25, 0.3) is 0 Å². The summed E-state index contributed by atoms with van der Waals surface area (Å²) < 4.78 is 11.0. The lowest BCUT2D eigenvalue weighted by Crippen LogP contribution is -2.52. The Morgan fingerprint density at radius 1 is 1.37 bits per heavy atom. The zero-order valence-corrected chi connectivity index (χ0v) is 11.1. The van der Waals surface area contributed by atoms with Crippen LogP contribution in [0, 0.1) is 5.92 Å². The highest BCUT2D eigenvalue weighted by Gasteiger charge is 2.34. The third kappa shape index (κ3) is 3.65. The molecule has 0 spiro atoms. The van der Waals surface area contributed by atoms with Gasteiger partial charge in [0, 0.05) is 12.5 Å². The molecule has 0 aromatic rings. The van der Waals surface area contributed by atoms with Crippen LogP contribution in [0.5, 0.6) is 0 Å². The molecule has 2 saturated heterocycles. The maximum atomic E-state index is 11.8. The molecule has 0 radical (unpaired) electrons. The Hall–Kier alpha value is -1.18. The zero-order chi connectivity index (χ0) is 13.8. The van der Waals surface area contributed by atoms with Gasteiger partial charge >= 0.3 is 6.03 Å². The largest absolute Gasteiger partial charge is 0.351 e. The topological polar surface area (TPSA) is 93.9 Å². The Labute approximate surface area is 112 Å². The van der Waals surface area contributed by atoms with E-state index < -0.39 is 6.03 Å². The number of primary amides is 1. The summed E-state index contributed by atoms with van der Waals surface area (Å²) in [6.07, 6.45) is 1.86. The van der Waals surface area contributed by atoms with E-state index in [9.17, 15) is 9.59 Å². The third-order valence-electron chi connectivity index (χ3n) is 3.70. The zero-order valence-electron chi connectivity index (χ0n) is 11.1. The molecule has 0 saturated carbocycles.